The van der Waals surface area contributed by atoms with Crippen LogP contribution in [-0.4, -0.2) is 44.8 Å². The van der Waals surface area contributed by atoms with E-state index >= 15 is 0 Å². The maximum atomic E-state index is 12.0. The van der Waals surface area contributed by atoms with Crippen molar-refractivity contribution in [1.29, 1.82) is 0 Å². The molecule has 0 aliphatic carbocycles. The van der Waals surface area contributed by atoms with E-state index in [2.05, 4.69) is 0 Å². The summed E-state index contributed by atoms with van der Waals surface area (Å²) in [7, 11) is -3.91. The Morgan fingerprint density at radius 3 is 2.42 bits per heavy atom. The number of rotatable bonds is 7. The van der Waals surface area contributed by atoms with Crippen molar-refractivity contribution in [3.05, 3.63) is 34.4 Å². The first-order valence-electron chi connectivity index (χ1n) is 6.50. The standard InChI is InChI=1S/C12H14F3N3O5S/c1-24(22,23)17(8-4-7-16-11(19)12(13,14)15)9-5-2-3-6-10(9)18(20)21/h2-3,5-6H,4,7-8H2,1H3,(H,16,19). The minimum atomic E-state index is -5.03. The van der Waals surface area contributed by atoms with Gasteiger partial charge in [0, 0.05) is 19.2 Å². The summed E-state index contributed by atoms with van der Waals surface area (Å²) in [6, 6.07) is 5.07. The lowest BCUT2D eigenvalue weighted by Crippen LogP contribution is -2.39. The number of nitrogens with one attached hydrogen (secondary N) is 1. The first kappa shape index (κ1) is 19.7. The number of amides is 1. The number of hydrogen-bond donors (Lipinski definition) is 1. The van der Waals surface area contributed by atoms with Gasteiger partial charge in [-0.05, 0) is 12.5 Å². The third-order valence-corrected chi connectivity index (χ3v) is 4.01. The largest absolute Gasteiger partial charge is 0.471 e. The number of nitrogens with zero attached hydrogens (tertiary/aromatic N) is 2. The van der Waals surface area contributed by atoms with E-state index in [1.165, 1.54) is 18.2 Å². The van der Waals surface area contributed by atoms with E-state index in [4.69, 9.17) is 0 Å². The summed E-state index contributed by atoms with van der Waals surface area (Å²) in [5.41, 5.74) is -0.658. The Hall–Kier alpha value is -2.37. The molecule has 1 rings (SSSR count). The maximum absolute atomic E-state index is 12.0. The molecule has 1 aromatic rings. The van der Waals surface area contributed by atoms with Crippen LogP contribution < -0.4 is 9.62 Å². The molecule has 0 aliphatic heterocycles. The number of nitro benzene ring substituents is 1. The van der Waals surface area contributed by atoms with Gasteiger partial charge in [-0.3, -0.25) is 19.2 Å². The highest BCUT2D eigenvalue weighted by atomic mass is 32.2. The van der Waals surface area contributed by atoms with Crippen molar-refractivity contribution in [3.63, 3.8) is 0 Å². The number of nitro groups is 1. The summed E-state index contributed by atoms with van der Waals surface area (Å²) >= 11 is 0. The molecule has 0 radical (unpaired) electrons. The van der Waals surface area contributed by atoms with Crippen LogP contribution in [0.1, 0.15) is 6.42 Å². The Bertz CT molecular complexity index is 721. The number of carbonyl (C=O) groups is 1. The molecule has 0 saturated heterocycles. The molecule has 1 N–H and O–H groups in total. The average molecular weight is 369 g/mol. The van der Waals surface area contributed by atoms with Crippen LogP contribution in [0.4, 0.5) is 24.5 Å². The molecule has 0 heterocycles. The van der Waals surface area contributed by atoms with Gasteiger partial charge in [0.05, 0.1) is 11.2 Å². The molecular weight excluding hydrogens is 355 g/mol. The molecule has 0 saturated carbocycles. The second-order valence-corrected chi connectivity index (χ2v) is 6.59. The van der Waals surface area contributed by atoms with Crippen molar-refractivity contribution in [3.8, 4) is 0 Å². The Kier molecular flexibility index (Phi) is 6.12. The smallest absolute Gasteiger partial charge is 0.348 e. The molecular formula is C12H14F3N3O5S. The van der Waals surface area contributed by atoms with Gasteiger partial charge >= 0.3 is 12.1 Å². The maximum Gasteiger partial charge on any atom is 0.471 e. The van der Waals surface area contributed by atoms with Crippen molar-refractivity contribution < 1.29 is 31.3 Å². The molecule has 0 bridgehead atoms. The molecule has 1 amide bonds. The monoisotopic (exact) mass is 369 g/mol. The van der Waals surface area contributed by atoms with Gasteiger partial charge in [0.2, 0.25) is 10.0 Å². The zero-order chi connectivity index (χ0) is 18.5. The molecule has 8 nitrogen and oxygen atoms in total. The molecule has 12 heteroatoms. The SMILES string of the molecule is CS(=O)(=O)N(CCCNC(=O)C(F)(F)F)c1ccccc1[N+](=O)[O-]. The quantitative estimate of drug-likeness (QED) is 0.444. The van der Waals surface area contributed by atoms with Gasteiger partial charge in [-0.1, -0.05) is 12.1 Å². The Labute approximate surface area is 135 Å². The molecule has 1 aromatic carbocycles. The molecule has 0 fully saturated rings. The van der Waals surface area contributed by atoms with Crippen LogP contribution >= 0.6 is 0 Å². The Balaban J connectivity index is 2.87. The second kappa shape index (κ2) is 7.47. The molecule has 134 valence electrons. The summed E-state index contributed by atoms with van der Waals surface area (Å²) in [6.07, 6.45) is -4.38. The van der Waals surface area contributed by atoms with Crippen LogP contribution in [-0.2, 0) is 14.8 Å². The predicted molar refractivity (Wildman–Crippen MR) is 79.0 cm³/mol. The number of para-hydroxylation sites is 2. The number of sulfonamides is 1. The lowest BCUT2D eigenvalue weighted by Gasteiger charge is -2.22. The first-order valence-corrected chi connectivity index (χ1v) is 8.35. The number of alkyl halides is 3. The van der Waals surface area contributed by atoms with Crippen LogP contribution in [0.25, 0.3) is 0 Å². The first-order chi connectivity index (χ1) is 10.9. The Morgan fingerprint density at radius 1 is 1.33 bits per heavy atom. The third kappa shape index (κ3) is 5.37. The summed E-state index contributed by atoms with van der Waals surface area (Å²) in [4.78, 5) is 20.9. The normalized spacial score (nSPS) is 11.8. The van der Waals surface area contributed by atoms with Crippen molar-refractivity contribution >= 4 is 27.3 Å². The van der Waals surface area contributed by atoms with Gasteiger partial charge in [-0.15, -0.1) is 0 Å². The van der Waals surface area contributed by atoms with Gasteiger partial charge in [0.25, 0.3) is 5.69 Å². The van der Waals surface area contributed by atoms with Crippen LogP contribution in [0.3, 0.4) is 0 Å². The van der Waals surface area contributed by atoms with E-state index in [0.717, 1.165) is 12.3 Å². The van der Waals surface area contributed by atoms with Gasteiger partial charge < -0.3 is 5.32 Å². The third-order valence-electron chi connectivity index (χ3n) is 2.83. The van der Waals surface area contributed by atoms with Gasteiger partial charge in [-0.2, -0.15) is 13.2 Å². The summed E-state index contributed by atoms with van der Waals surface area (Å²) in [5, 5.41) is 12.6. The van der Waals surface area contributed by atoms with Gasteiger partial charge in [0.15, 0.2) is 0 Å². The van der Waals surface area contributed by atoms with Crippen LogP contribution in [0.5, 0.6) is 0 Å². The van der Waals surface area contributed by atoms with Crippen LogP contribution in [0.2, 0.25) is 0 Å². The van der Waals surface area contributed by atoms with E-state index in [0.29, 0.717) is 4.31 Å². The minimum absolute atomic E-state index is 0.166. The highest BCUT2D eigenvalue weighted by Crippen LogP contribution is 2.29. The Morgan fingerprint density at radius 2 is 1.92 bits per heavy atom. The summed E-state index contributed by atoms with van der Waals surface area (Å²) < 4.78 is 60.5. The highest BCUT2D eigenvalue weighted by Gasteiger charge is 2.38. The number of carbonyl (C=O) groups excluding carboxylic acids is 1. The fourth-order valence-electron chi connectivity index (χ4n) is 1.82. The average Bonchev–Trinajstić information content (AvgIpc) is 2.44. The fourth-order valence-corrected chi connectivity index (χ4v) is 2.79. The van der Waals surface area contributed by atoms with Crippen LogP contribution in [0.15, 0.2) is 24.3 Å². The van der Waals surface area contributed by atoms with Gasteiger partial charge in [0.1, 0.15) is 5.69 Å². The summed E-state index contributed by atoms with van der Waals surface area (Å²) in [5.74, 6) is -2.14. The minimum Gasteiger partial charge on any atom is -0.348 e. The molecule has 0 aliphatic rings. The zero-order valence-electron chi connectivity index (χ0n) is 12.4. The molecule has 0 spiro atoms. The van der Waals surface area contributed by atoms with E-state index in [1.54, 1.807) is 5.32 Å². The number of halogens is 3. The van der Waals surface area contributed by atoms with Crippen molar-refractivity contribution in [2.75, 3.05) is 23.7 Å². The van der Waals surface area contributed by atoms with Crippen molar-refractivity contribution in [1.82, 2.24) is 5.32 Å². The number of anilines is 1. The van der Waals surface area contributed by atoms with Gasteiger partial charge in [-0.25, -0.2) is 8.42 Å². The number of hydrogen-bond acceptors (Lipinski definition) is 5. The van der Waals surface area contributed by atoms with E-state index in [1.807, 2.05) is 0 Å². The lowest BCUT2D eigenvalue weighted by atomic mass is 10.2. The number of benzene rings is 1. The molecule has 0 atom stereocenters. The fraction of sp³-hybridized carbons (Fsp3) is 0.417. The lowest BCUT2D eigenvalue weighted by molar-refractivity contribution is -0.384. The van der Waals surface area contributed by atoms with Crippen molar-refractivity contribution in [2.24, 2.45) is 0 Å². The zero-order valence-corrected chi connectivity index (χ0v) is 13.2. The van der Waals surface area contributed by atoms with Crippen LogP contribution in [0, 0.1) is 10.1 Å². The molecule has 0 aromatic heterocycles. The highest BCUT2D eigenvalue weighted by molar-refractivity contribution is 7.92. The summed E-state index contributed by atoms with van der Waals surface area (Å²) in [6.45, 7) is -0.771. The van der Waals surface area contributed by atoms with E-state index in [-0.39, 0.29) is 18.7 Å². The van der Waals surface area contributed by atoms with Crippen molar-refractivity contribution in [2.45, 2.75) is 12.6 Å². The topological polar surface area (TPSA) is 110 Å². The second-order valence-electron chi connectivity index (χ2n) is 4.69. The molecule has 24 heavy (non-hydrogen) atoms. The predicted octanol–water partition coefficient (Wildman–Crippen LogP) is 1.43. The van der Waals surface area contributed by atoms with E-state index in [9.17, 15) is 36.5 Å². The molecule has 0 unspecified atom stereocenters. The van der Waals surface area contributed by atoms with E-state index < -0.39 is 39.3 Å².